The quantitative estimate of drug-likeness (QED) is 0.809. The number of rotatable bonds is 6. The van der Waals surface area contributed by atoms with Gasteiger partial charge in [-0.2, -0.15) is 5.26 Å². The number of carboxylic acid groups (broad SMARTS) is 1. The third-order valence-corrected chi connectivity index (χ3v) is 2.83. The highest BCUT2D eigenvalue weighted by atomic mass is 16.4. The largest absolute Gasteiger partial charge is 0.480 e. The molecular weight excluding hydrogens is 228 g/mol. The Morgan fingerprint density at radius 3 is 2.78 bits per heavy atom. The van der Waals surface area contributed by atoms with E-state index in [1.165, 1.54) is 0 Å². The molecule has 4 heteroatoms. The lowest BCUT2D eigenvalue weighted by Crippen LogP contribution is -2.29. The molecule has 1 rings (SSSR count). The summed E-state index contributed by atoms with van der Waals surface area (Å²) in [4.78, 5) is 11.1. The van der Waals surface area contributed by atoms with Crippen molar-refractivity contribution < 1.29 is 9.90 Å². The van der Waals surface area contributed by atoms with Gasteiger partial charge in [-0.05, 0) is 37.1 Å². The Morgan fingerprint density at radius 1 is 1.56 bits per heavy atom. The first-order chi connectivity index (χ1) is 8.58. The molecule has 0 saturated heterocycles. The van der Waals surface area contributed by atoms with E-state index in [0.717, 1.165) is 24.1 Å². The van der Waals surface area contributed by atoms with Crippen LogP contribution in [0.25, 0.3) is 0 Å². The van der Waals surface area contributed by atoms with E-state index in [4.69, 9.17) is 10.4 Å². The van der Waals surface area contributed by atoms with Crippen LogP contribution in [0.5, 0.6) is 0 Å². The van der Waals surface area contributed by atoms with E-state index >= 15 is 0 Å². The zero-order valence-electron chi connectivity index (χ0n) is 10.7. The first-order valence-corrected chi connectivity index (χ1v) is 6.08. The maximum Gasteiger partial charge on any atom is 0.326 e. The van der Waals surface area contributed by atoms with Crippen molar-refractivity contribution in [2.45, 2.75) is 39.2 Å². The molecule has 0 aromatic heterocycles. The summed E-state index contributed by atoms with van der Waals surface area (Å²) in [5, 5.41) is 20.9. The molecule has 2 N–H and O–H groups in total. The van der Waals surface area contributed by atoms with Crippen molar-refractivity contribution in [3.05, 3.63) is 29.3 Å². The molecule has 18 heavy (non-hydrogen) atoms. The highest BCUT2D eigenvalue weighted by Crippen LogP contribution is 2.18. The number of anilines is 1. The molecule has 0 heterocycles. The molecule has 1 unspecified atom stereocenters. The monoisotopic (exact) mass is 246 g/mol. The second kappa shape index (κ2) is 6.65. The van der Waals surface area contributed by atoms with Gasteiger partial charge in [0.2, 0.25) is 0 Å². The van der Waals surface area contributed by atoms with E-state index in [1.54, 1.807) is 18.2 Å². The molecule has 0 aliphatic heterocycles. The lowest BCUT2D eigenvalue weighted by atomic mass is 10.1. The van der Waals surface area contributed by atoms with Crippen LogP contribution in [0.4, 0.5) is 5.69 Å². The van der Waals surface area contributed by atoms with Gasteiger partial charge in [-0.15, -0.1) is 0 Å². The third kappa shape index (κ3) is 3.77. The van der Waals surface area contributed by atoms with Crippen molar-refractivity contribution in [3.63, 3.8) is 0 Å². The van der Waals surface area contributed by atoms with Crippen LogP contribution in [0.1, 0.15) is 37.3 Å². The number of aryl methyl sites for hydroxylation is 1. The van der Waals surface area contributed by atoms with Crippen LogP contribution in [0, 0.1) is 18.3 Å². The van der Waals surface area contributed by atoms with E-state index in [2.05, 4.69) is 11.4 Å². The van der Waals surface area contributed by atoms with E-state index in [-0.39, 0.29) is 0 Å². The van der Waals surface area contributed by atoms with Crippen LogP contribution < -0.4 is 5.32 Å². The van der Waals surface area contributed by atoms with Gasteiger partial charge in [0.25, 0.3) is 0 Å². The van der Waals surface area contributed by atoms with Gasteiger partial charge >= 0.3 is 5.97 Å². The van der Waals surface area contributed by atoms with Crippen molar-refractivity contribution >= 4 is 11.7 Å². The summed E-state index contributed by atoms with van der Waals surface area (Å²) < 4.78 is 0. The Labute approximate surface area is 107 Å². The Bertz CT molecular complexity index is 463. The van der Waals surface area contributed by atoms with Crippen LogP contribution in [0.15, 0.2) is 18.2 Å². The van der Waals surface area contributed by atoms with Gasteiger partial charge in [-0.3, -0.25) is 0 Å². The molecule has 96 valence electrons. The smallest absolute Gasteiger partial charge is 0.326 e. The molecule has 0 fully saturated rings. The van der Waals surface area contributed by atoms with E-state index in [0.29, 0.717) is 12.0 Å². The minimum atomic E-state index is -0.841. The number of carbonyl (C=O) groups is 1. The Morgan fingerprint density at radius 2 is 2.28 bits per heavy atom. The molecule has 0 saturated carbocycles. The first-order valence-electron chi connectivity index (χ1n) is 6.08. The van der Waals surface area contributed by atoms with Crippen molar-refractivity contribution in [2.24, 2.45) is 0 Å². The van der Waals surface area contributed by atoms with Crippen molar-refractivity contribution in [3.8, 4) is 6.07 Å². The average molecular weight is 246 g/mol. The number of hydrogen-bond donors (Lipinski definition) is 2. The van der Waals surface area contributed by atoms with Crippen molar-refractivity contribution in [1.82, 2.24) is 0 Å². The van der Waals surface area contributed by atoms with E-state index < -0.39 is 12.0 Å². The van der Waals surface area contributed by atoms with Gasteiger partial charge in [0, 0.05) is 5.69 Å². The molecular formula is C14H18N2O2. The Hall–Kier alpha value is -2.02. The molecule has 1 aromatic carbocycles. The zero-order valence-corrected chi connectivity index (χ0v) is 10.7. The minimum absolute atomic E-state index is 0.573. The van der Waals surface area contributed by atoms with Crippen LogP contribution in [-0.2, 0) is 4.79 Å². The van der Waals surface area contributed by atoms with E-state index in [1.807, 2.05) is 13.8 Å². The Balaban J connectivity index is 2.81. The minimum Gasteiger partial charge on any atom is -0.480 e. The molecule has 0 amide bonds. The fraction of sp³-hybridized carbons (Fsp3) is 0.429. The van der Waals surface area contributed by atoms with E-state index in [9.17, 15) is 4.79 Å². The first kappa shape index (κ1) is 14.0. The molecule has 1 atom stereocenters. The molecule has 1 aromatic rings. The second-order valence-electron chi connectivity index (χ2n) is 4.32. The summed E-state index contributed by atoms with van der Waals surface area (Å²) in [7, 11) is 0. The lowest BCUT2D eigenvalue weighted by molar-refractivity contribution is -0.138. The van der Waals surface area contributed by atoms with Crippen LogP contribution in [-0.4, -0.2) is 17.1 Å². The van der Waals surface area contributed by atoms with Crippen molar-refractivity contribution in [2.75, 3.05) is 5.32 Å². The number of hydrogen-bond acceptors (Lipinski definition) is 3. The molecule has 0 radical (unpaired) electrons. The van der Waals surface area contributed by atoms with Gasteiger partial charge < -0.3 is 10.4 Å². The normalized spacial score (nSPS) is 11.6. The number of aliphatic carboxylic acids is 1. The summed E-state index contributed by atoms with van der Waals surface area (Å²) in [6, 6.07) is 6.69. The number of unbranched alkanes of at least 4 members (excludes halogenated alkanes) is 1. The highest BCUT2D eigenvalue weighted by molar-refractivity contribution is 5.77. The number of nitrogens with zero attached hydrogens (tertiary/aromatic N) is 1. The summed E-state index contributed by atoms with van der Waals surface area (Å²) in [5.41, 5.74) is 2.24. The number of nitrogens with one attached hydrogen (secondary N) is 1. The predicted octanol–water partition coefficient (Wildman–Crippen LogP) is 2.92. The summed E-state index contributed by atoms with van der Waals surface area (Å²) in [6.07, 6.45) is 2.45. The Kier molecular flexibility index (Phi) is 5.19. The number of nitriles is 1. The summed E-state index contributed by atoms with van der Waals surface area (Å²) in [6.45, 7) is 3.90. The molecule has 0 bridgehead atoms. The van der Waals surface area contributed by atoms with Gasteiger partial charge in [0.1, 0.15) is 6.04 Å². The fourth-order valence-corrected chi connectivity index (χ4v) is 1.75. The molecule has 0 aliphatic carbocycles. The average Bonchev–Trinajstić information content (AvgIpc) is 2.35. The fourth-order valence-electron chi connectivity index (χ4n) is 1.75. The maximum absolute atomic E-state index is 11.1. The molecule has 0 spiro atoms. The van der Waals surface area contributed by atoms with Crippen molar-refractivity contribution in [1.29, 1.82) is 5.26 Å². The van der Waals surface area contributed by atoms with Crippen LogP contribution >= 0.6 is 0 Å². The molecule has 0 aliphatic rings. The maximum atomic E-state index is 11.1. The topological polar surface area (TPSA) is 73.1 Å². The lowest BCUT2D eigenvalue weighted by Gasteiger charge is -2.17. The second-order valence-corrected chi connectivity index (χ2v) is 4.32. The van der Waals surface area contributed by atoms with Crippen LogP contribution in [0.3, 0.4) is 0 Å². The van der Waals surface area contributed by atoms with Gasteiger partial charge in [-0.1, -0.05) is 19.8 Å². The van der Waals surface area contributed by atoms with Gasteiger partial charge in [0.15, 0.2) is 0 Å². The van der Waals surface area contributed by atoms with Gasteiger partial charge in [0.05, 0.1) is 11.6 Å². The predicted molar refractivity (Wildman–Crippen MR) is 70.5 cm³/mol. The molecule has 4 nitrogen and oxygen atoms in total. The highest BCUT2D eigenvalue weighted by Gasteiger charge is 2.17. The number of carboxylic acids is 1. The SMILES string of the molecule is CCCCC(Nc1ccc(C#N)cc1C)C(=O)O. The summed E-state index contributed by atoms with van der Waals surface area (Å²) >= 11 is 0. The third-order valence-electron chi connectivity index (χ3n) is 2.83. The number of benzene rings is 1. The zero-order chi connectivity index (χ0) is 13.5. The van der Waals surface area contributed by atoms with Crippen LogP contribution in [0.2, 0.25) is 0 Å². The van der Waals surface area contributed by atoms with Gasteiger partial charge in [-0.25, -0.2) is 4.79 Å². The standard InChI is InChI=1S/C14H18N2O2/c1-3-4-5-13(14(17)18)16-12-7-6-11(9-15)8-10(12)2/h6-8,13,16H,3-5H2,1-2H3,(H,17,18). The summed E-state index contributed by atoms with van der Waals surface area (Å²) in [5.74, 6) is -0.841.